The standard InChI is InChI=1S/C11H13ClN4O3/c12-10-7-11(14-3-13-10)16(4-15-7)6-1-5(2-17)8(18)9(6)19/h3-6,8-9,17-19H,1-2H2. The van der Waals surface area contributed by atoms with Crippen molar-refractivity contribution in [3.05, 3.63) is 17.8 Å². The highest BCUT2D eigenvalue weighted by Crippen LogP contribution is 2.36. The van der Waals surface area contributed by atoms with Crippen LogP contribution in [-0.2, 0) is 0 Å². The van der Waals surface area contributed by atoms with Crippen molar-refractivity contribution in [2.24, 2.45) is 5.92 Å². The van der Waals surface area contributed by atoms with Gasteiger partial charge in [-0.2, -0.15) is 0 Å². The molecule has 4 atom stereocenters. The predicted octanol–water partition coefficient (Wildman–Crippen LogP) is -0.245. The van der Waals surface area contributed by atoms with E-state index in [1.165, 1.54) is 12.7 Å². The number of halogens is 1. The third-order valence-corrected chi connectivity index (χ3v) is 3.95. The second kappa shape index (κ2) is 4.68. The van der Waals surface area contributed by atoms with Crippen LogP contribution in [0, 0.1) is 5.92 Å². The van der Waals surface area contributed by atoms with Gasteiger partial charge in [-0.25, -0.2) is 15.0 Å². The average molecular weight is 285 g/mol. The topological polar surface area (TPSA) is 104 Å². The van der Waals surface area contributed by atoms with E-state index in [4.69, 9.17) is 11.6 Å². The third-order valence-electron chi connectivity index (χ3n) is 3.68. The van der Waals surface area contributed by atoms with E-state index in [1.54, 1.807) is 4.57 Å². The van der Waals surface area contributed by atoms with Gasteiger partial charge in [0.05, 0.1) is 18.5 Å². The number of aromatic nitrogens is 4. The molecule has 1 aliphatic rings. The monoisotopic (exact) mass is 284 g/mol. The predicted molar refractivity (Wildman–Crippen MR) is 66.6 cm³/mol. The van der Waals surface area contributed by atoms with Crippen LogP contribution in [0.25, 0.3) is 11.2 Å². The minimum atomic E-state index is -0.969. The largest absolute Gasteiger partial charge is 0.396 e. The molecule has 0 radical (unpaired) electrons. The molecule has 7 nitrogen and oxygen atoms in total. The summed E-state index contributed by atoms with van der Waals surface area (Å²) in [6, 6.07) is -0.386. The first-order valence-corrected chi connectivity index (χ1v) is 6.31. The Hall–Kier alpha value is -1.28. The lowest BCUT2D eigenvalue weighted by Crippen LogP contribution is -2.30. The van der Waals surface area contributed by atoms with Gasteiger partial charge in [-0.3, -0.25) is 0 Å². The molecule has 102 valence electrons. The van der Waals surface area contributed by atoms with Crippen LogP contribution in [0.3, 0.4) is 0 Å². The number of rotatable bonds is 2. The van der Waals surface area contributed by atoms with E-state index in [-0.39, 0.29) is 23.7 Å². The van der Waals surface area contributed by atoms with E-state index in [1.807, 2.05) is 0 Å². The van der Waals surface area contributed by atoms with Crippen LogP contribution in [0.5, 0.6) is 0 Å². The highest BCUT2D eigenvalue weighted by Gasteiger charge is 2.42. The molecule has 0 amide bonds. The van der Waals surface area contributed by atoms with Crippen molar-refractivity contribution in [1.29, 1.82) is 0 Å². The normalized spacial score (nSPS) is 31.2. The molecule has 3 rings (SSSR count). The zero-order chi connectivity index (χ0) is 13.6. The first-order chi connectivity index (χ1) is 9.13. The van der Waals surface area contributed by atoms with Crippen LogP contribution in [-0.4, -0.2) is 53.7 Å². The number of nitrogens with zero attached hydrogens (tertiary/aromatic N) is 4. The van der Waals surface area contributed by atoms with Gasteiger partial charge >= 0.3 is 0 Å². The fourth-order valence-corrected chi connectivity index (χ4v) is 2.80. The lowest BCUT2D eigenvalue weighted by atomic mass is 10.1. The molecule has 4 unspecified atom stereocenters. The number of aliphatic hydroxyl groups excluding tert-OH is 3. The summed E-state index contributed by atoms with van der Waals surface area (Å²) >= 11 is 5.92. The summed E-state index contributed by atoms with van der Waals surface area (Å²) in [6.07, 6.45) is 1.37. The van der Waals surface area contributed by atoms with Gasteiger partial charge in [0.1, 0.15) is 17.9 Å². The smallest absolute Gasteiger partial charge is 0.165 e. The Kier molecular flexibility index (Phi) is 3.14. The molecule has 2 aromatic heterocycles. The molecule has 3 N–H and O–H groups in total. The second-order valence-electron chi connectivity index (χ2n) is 4.72. The summed E-state index contributed by atoms with van der Waals surface area (Å²) in [5.74, 6) is -0.352. The number of aliphatic hydroxyl groups is 3. The molecule has 0 saturated heterocycles. The summed E-state index contributed by atoms with van der Waals surface area (Å²) in [6.45, 7) is -0.170. The van der Waals surface area contributed by atoms with E-state index in [0.717, 1.165) is 0 Å². The molecule has 0 bridgehead atoms. The highest BCUT2D eigenvalue weighted by molar-refractivity contribution is 6.33. The van der Waals surface area contributed by atoms with Crippen molar-refractivity contribution in [2.75, 3.05) is 6.61 Å². The van der Waals surface area contributed by atoms with E-state index < -0.39 is 12.2 Å². The van der Waals surface area contributed by atoms with Gasteiger partial charge in [-0.05, 0) is 6.42 Å². The molecule has 0 aliphatic heterocycles. The fourth-order valence-electron chi connectivity index (χ4n) is 2.62. The van der Waals surface area contributed by atoms with Gasteiger partial charge in [0.25, 0.3) is 0 Å². The quantitative estimate of drug-likeness (QED) is 0.657. The maximum absolute atomic E-state index is 10.1. The minimum absolute atomic E-state index is 0.170. The van der Waals surface area contributed by atoms with Gasteiger partial charge in [-0.1, -0.05) is 11.6 Å². The second-order valence-corrected chi connectivity index (χ2v) is 5.07. The Labute approximate surface area is 113 Å². The van der Waals surface area contributed by atoms with Crippen LogP contribution >= 0.6 is 11.6 Å². The summed E-state index contributed by atoms with van der Waals surface area (Å²) in [5.41, 5.74) is 0.966. The number of fused-ring (bicyclic) bond motifs is 1. The zero-order valence-corrected chi connectivity index (χ0v) is 10.6. The molecular weight excluding hydrogens is 272 g/mol. The Morgan fingerprint density at radius 3 is 2.74 bits per heavy atom. The van der Waals surface area contributed by atoms with Crippen molar-refractivity contribution in [1.82, 2.24) is 19.5 Å². The van der Waals surface area contributed by atoms with E-state index in [2.05, 4.69) is 15.0 Å². The van der Waals surface area contributed by atoms with Crippen LogP contribution < -0.4 is 0 Å². The van der Waals surface area contributed by atoms with E-state index >= 15 is 0 Å². The lowest BCUT2D eigenvalue weighted by molar-refractivity contribution is -0.00370. The molecule has 1 fully saturated rings. The molecule has 0 aromatic carbocycles. The summed E-state index contributed by atoms with van der Waals surface area (Å²) in [4.78, 5) is 12.1. The number of imidazole rings is 1. The molecule has 1 saturated carbocycles. The Bertz CT molecular complexity index is 605. The first kappa shape index (κ1) is 12.7. The molecule has 2 heterocycles. The molecule has 2 aromatic rings. The van der Waals surface area contributed by atoms with Gasteiger partial charge in [0.15, 0.2) is 10.8 Å². The maximum atomic E-state index is 10.1. The maximum Gasteiger partial charge on any atom is 0.165 e. The molecule has 8 heteroatoms. The third kappa shape index (κ3) is 1.90. The van der Waals surface area contributed by atoms with Gasteiger partial charge in [0.2, 0.25) is 0 Å². The van der Waals surface area contributed by atoms with Crippen molar-refractivity contribution >= 4 is 22.8 Å². The van der Waals surface area contributed by atoms with Crippen molar-refractivity contribution in [3.63, 3.8) is 0 Å². The van der Waals surface area contributed by atoms with Crippen LogP contribution in [0.15, 0.2) is 12.7 Å². The molecule has 0 spiro atoms. The first-order valence-electron chi connectivity index (χ1n) is 5.93. The fraction of sp³-hybridized carbons (Fsp3) is 0.545. The molecular formula is C11H13ClN4O3. The van der Waals surface area contributed by atoms with Crippen molar-refractivity contribution in [2.45, 2.75) is 24.7 Å². The van der Waals surface area contributed by atoms with Crippen molar-refractivity contribution in [3.8, 4) is 0 Å². The zero-order valence-electron chi connectivity index (χ0n) is 9.89. The summed E-state index contributed by atoms with van der Waals surface area (Å²) in [5, 5.41) is 29.4. The van der Waals surface area contributed by atoms with E-state index in [0.29, 0.717) is 17.6 Å². The average Bonchev–Trinajstić information content (AvgIpc) is 2.94. The van der Waals surface area contributed by atoms with Gasteiger partial charge in [-0.15, -0.1) is 0 Å². The molecule has 19 heavy (non-hydrogen) atoms. The highest BCUT2D eigenvalue weighted by atomic mass is 35.5. The Balaban J connectivity index is 2.04. The summed E-state index contributed by atoms with van der Waals surface area (Å²) < 4.78 is 1.67. The van der Waals surface area contributed by atoms with Crippen molar-refractivity contribution < 1.29 is 15.3 Å². The van der Waals surface area contributed by atoms with Gasteiger partial charge < -0.3 is 19.9 Å². The van der Waals surface area contributed by atoms with Crippen LogP contribution in [0.1, 0.15) is 12.5 Å². The minimum Gasteiger partial charge on any atom is -0.396 e. The Morgan fingerprint density at radius 2 is 2.05 bits per heavy atom. The lowest BCUT2D eigenvalue weighted by Gasteiger charge is -2.18. The van der Waals surface area contributed by atoms with Crippen LogP contribution in [0.4, 0.5) is 0 Å². The van der Waals surface area contributed by atoms with Gasteiger partial charge in [0, 0.05) is 12.5 Å². The molecule has 1 aliphatic carbocycles. The number of hydrogen-bond acceptors (Lipinski definition) is 6. The Morgan fingerprint density at radius 1 is 1.26 bits per heavy atom. The number of hydrogen-bond donors (Lipinski definition) is 3. The SMILES string of the molecule is OCC1CC(n2cnc3c(Cl)ncnc32)C(O)C1O. The van der Waals surface area contributed by atoms with Crippen LogP contribution in [0.2, 0.25) is 5.15 Å². The van der Waals surface area contributed by atoms with E-state index in [9.17, 15) is 15.3 Å². The summed E-state index contributed by atoms with van der Waals surface area (Å²) in [7, 11) is 0.